The summed E-state index contributed by atoms with van der Waals surface area (Å²) >= 11 is 0. The summed E-state index contributed by atoms with van der Waals surface area (Å²) in [4.78, 5) is 12.3. The van der Waals surface area contributed by atoms with E-state index in [-0.39, 0.29) is 11.9 Å². The van der Waals surface area contributed by atoms with Gasteiger partial charge in [0.2, 0.25) is 0 Å². The van der Waals surface area contributed by atoms with E-state index < -0.39 is 0 Å². The van der Waals surface area contributed by atoms with E-state index in [2.05, 4.69) is 25.9 Å². The quantitative estimate of drug-likeness (QED) is 0.763. The third kappa shape index (κ3) is 3.48. The first-order chi connectivity index (χ1) is 11.5. The topological polar surface area (TPSA) is 90.5 Å². The Hall–Kier alpha value is -3.03. The molecule has 1 N–H and O–H groups in total. The van der Waals surface area contributed by atoms with Crippen LogP contribution in [0.3, 0.4) is 0 Å². The highest BCUT2D eigenvalue weighted by molar-refractivity contribution is 5.94. The molecule has 0 aliphatic rings. The molecule has 124 valence electrons. The van der Waals surface area contributed by atoms with Crippen molar-refractivity contribution >= 4 is 5.91 Å². The minimum Gasteiger partial charge on any atom is -0.348 e. The first-order valence-electron chi connectivity index (χ1n) is 7.68. The van der Waals surface area contributed by atoms with Crippen LogP contribution >= 0.6 is 0 Å². The van der Waals surface area contributed by atoms with Gasteiger partial charge in [0.1, 0.15) is 6.33 Å². The summed E-state index contributed by atoms with van der Waals surface area (Å²) in [6, 6.07) is 9.10. The van der Waals surface area contributed by atoms with Crippen LogP contribution in [0.1, 0.15) is 28.7 Å². The first-order valence-corrected chi connectivity index (χ1v) is 7.68. The Balaban J connectivity index is 1.63. The predicted molar refractivity (Wildman–Crippen MR) is 87.8 cm³/mol. The number of carbonyl (C=O) groups excluding carboxylic acids is 1. The Morgan fingerprint density at radius 2 is 2.00 bits per heavy atom. The highest BCUT2D eigenvalue weighted by atomic mass is 16.1. The van der Waals surface area contributed by atoms with E-state index in [1.807, 2.05) is 31.5 Å². The van der Waals surface area contributed by atoms with Crippen LogP contribution in [0.4, 0.5) is 0 Å². The number of hydrogen-bond acceptors (Lipinski definition) is 5. The predicted octanol–water partition coefficient (Wildman–Crippen LogP) is 1.29. The van der Waals surface area contributed by atoms with E-state index >= 15 is 0 Å². The molecular weight excluding hydrogens is 306 g/mol. The maximum atomic E-state index is 12.3. The van der Waals surface area contributed by atoms with Crippen molar-refractivity contribution in [1.29, 1.82) is 0 Å². The molecule has 0 aliphatic heterocycles. The Morgan fingerprint density at radius 1 is 1.25 bits per heavy atom. The summed E-state index contributed by atoms with van der Waals surface area (Å²) in [5.74, 6) is -0.118. The zero-order valence-electron chi connectivity index (χ0n) is 13.8. The Kier molecular flexibility index (Phi) is 4.37. The summed E-state index contributed by atoms with van der Waals surface area (Å²) in [6.07, 6.45) is 1.51. The molecule has 0 bridgehead atoms. The van der Waals surface area contributed by atoms with Crippen molar-refractivity contribution in [3.8, 4) is 5.69 Å². The van der Waals surface area contributed by atoms with E-state index in [1.165, 1.54) is 11.0 Å². The molecule has 0 saturated carbocycles. The summed E-state index contributed by atoms with van der Waals surface area (Å²) in [7, 11) is 0. The van der Waals surface area contributed by atoms with Crippen molar-refractivity contribution in [3.05, 3.63) is 53.6 Å². The average molecular weight is 325 g/mol. The molecule has 24 heavy (non-hydrogen) atoms. The number of hydrogen-bond donors (Lipinski definition) is 1. The Bertz CT molecular complexity index is 821. The lowest BCUT2D eigenvalue weighted by molar-refractivity contribution is 0.0936. The molecular formula is C16H19N7O. The third-order valence-electron chi connectivity index (χ3n) is 3.67. The van der Waals surface area contributed by atoms with Crippen molar-refractivity contribution in [2.45, 2.75) is 33.4 Å². The molecule has 0 saturated heterocycles. The second-order valence-corrected chi connectivity index (χ2v) is 5.78. The average Bonchev–Trinajstić information content (AvgIpc) is 3.18. The number of nitrogens with zero attached hydrogens (tertiary/aromatic N) is 6. The van der Waals surface area contributed by atoms with Crippen LogP contribution in [-0.4, -0.2) is 41.9 Å². The summed E-state index contributed by atoms with van der Waals surface area (Å²) < 4.78 is 3.44. The SMILES string of the molecule is Cc1cc(C)n(CC(C)NC(=O)c2ccc(-n3cnnn3)cc2)n1. The van der Waals surface area contributed by atoms with Gasteiger partial charge in [0.25, 0.3) is 5.91 Å². The van der Waals surface area contributed by atoms with Gasteiger partial charge in [-0.3, -0.25) is 9.48 Å². The number of carbonyl (C=O) groups is 1. The molecule has 0 spiro atoms. The van der Waals surface area contributed by atoms with Gasteiger partial charge in [0.15, 0.2) is 0 Å². The molecule has 0 aliphatic carbocycles. The minimum absolute atomic E-state index is 0.0327. The highest BCUT2D eigenvalue weighted by Gasteiger charge is 2.12. The molecule has 1 unspecified atom stereocenters. The van der Waals surface area contributed by atoms with Gasteiger partial charge in [-0.1, -0.05) is 0 Å². The molecule has 1 aromatic carbocycles. The zero-order chi connectivity index (χ0) is 17.1. The van der Waals surface area contributed by atoms with Crippen molar-refractivity contribution in [2.24, 2.45) is 0 Å². The molecule has 1 amide bonds. The number of nitrogens with one attached hydrogen (secondary N) is 1. The van der Waals surface area contributed by atoms with Gasteiger partial charge in [-0.15, -0.1) is 5.10 Å². The lowest BCUT2D eigenvalue weighted by atomic mass is 10.2. The fraction of sp³-hybridized carbons (Fsp3) is 0.312. The van der Waals surface area contributed by atoms with Crippen LogP contribution in [0, 0.1) is 13.8 Å². The second-order valence-electron chi connectivity index (χ2n) is 5.78. The Morgan fingerprint density at radius 3 is 2.58 bits per heavy atom. The van der Waals surface area contributed by atoms with Gasteiger partial charge in [-0.25, -0.2) is 4.68 Å². The molecule has 2 heterocycles. The van der Waals surface area contributed by atoms with Crippen molar-refractivity contribution in [2.75, 3.05) is 0 Å². The van der Waals surface area contributed by atoms with E-state index in [4.69, 9.17) is 0 Å². The number of aryl methyl sites for hydroxylation is 2. The van der Waals surface area contributed by atoms with E-state index in [0.717, 1.165) is 17.1 Å². The van der Waals surface area contributed by atoms with Crippen LogP contribution in [0.25, 0.3) is 5.69 Å². The zero-order valence-corrected chi connectivity index (χ0v) is 13.8. The van der Waals surface area contributed by atoms with Crippen molar-refractivity contribution < 1.29 is 4.79 Å². The van der Waals surface area contributed by atoms with Crippen LogP contribution in [-0.2, 0) is 6.54 Å². The van der Waals surface area contributed by atoms with Gasteiger partial charge >= 0.3 is 0 Å². The van der Waals surface area contributed by atoms with Crippen LogP contribution in [0.5, 0.6) is 0 Å². The molecule has 8 heteroatoms. The van der Waals surface area contributed by atoms with Crippen molar-refractivity contribution in [1.82, 2.24) is 35.3 Å². The smallest absolute Gasteiger partial charge is 0.251 e. The van der Waals surface area contributed by atoms with E-state index in [1.54, 1.807) is 24.3 Å². The van der Waals surface area contributed by atoms with Gasteiger partial charge in [0.05, 0.1) is 17.9 Å². The van der Waals surface area contributed by atoms with Gasteiger partial charge < -0.3 is 5.32 Å². The lowest BCUT2D eigenvalue weighted by Gasteiger charge is -2.15. The molecule has 3 rings (SSSR count). The molecule has 3 aromatic rings. The van der Waals surface area contributed by atoms with Crippen LogP contribution < -0.4 is 5.32 Å². The van der Waals surface area contributed by atoms with E-state index in [0.29, 0.717) is 12.1 Å². The molecule has 0 fully saturated rings. The standard InChI is InChI=1S/C16H19N7O/c1-11-8-13(3)22(19-11)9-12(2)18-16(24)14-4-6-15(7-5-14)23-10-17-20-21-23/h4-8,10,12H,9H2,1-3H3,(H,18,24). The van der Waals surface area contributed by atoms with Crippen LogP contribution in [0.2, 0.25) is 0 Å². The molecule has 2 aromatic heterocycles. The summed E-state index contributed by atoms with van der Waals surface area (Å²) in [5.41, 5.74) is 3.45. The second kappa shape index (κ2) is 6.61. The highest BCUT2D eigenvalue weighted by Crippen LogP contribution is 2.08. The minimum atomic E-state index is -0.118. The maximum absolute atomic E-state index is 12.3. The third-order valence-corrected chi connectivity index (χ3v) is 3.67. The van der Waals surface area contributed by atoms with Crippen LogP contribution in [0.15, 0.2) is 36.7 Å². The van der Waals surface area contributed by atoms with Crippen molar-refractivity contribution in [3.63, 3.8) is 0 Å². The largest absolute Gasteiger partial charge is 0.348 e. The number of rotatable bonds is 5. The van der Waals surface area contributed by atoms with E-state index in [9.17, 15) is 4.79 Å². The monoisotopic (exact) mass is 325 g/mol. The number of amides is 1. The molecule has 1 atom stereocenters. The maximum Gasteiger partial charge on any atom is 0.251 e. The molecule has 8 nitrogen and oxygen atoms in total. The summed E-state index contributed by atoms with van der Waals surface area (Å²) in [5, 5.41) is 18.4. The summed E-state index contributed by atoms with van der Waals surface area (Å²) in [6.45, 7) is 6.56. The number of aromatic nitrogens is 6. The van der Waals surface area contributed by atoms with Gasteiger partial charge in [0, 0.05) is 17.3 Å². The Labute approximate surface area is 139 Å². The number of tetrazole rings is 1. The van der Waals surface area contributed by atoms with Gasteiger partial charge in [-0.2, -0.15) is 5.10 Å². The number of benzene rings is 1. The fourth-order valence-electron chi connectivity index (χ4n) is 2.52. The first kappa shape index (κ1) is 15.9. The van der Waals surface area contributed by atoms with Gasteiger partial charge in [-0.05, 0) is 61.5 Å². The lowest BCUT2D eigenvalue weighted by Crippen LogP contribution is -2.36. The molecule has 0 radical (unpaired) electrons. The normalized spacial score (nSPS) is 12.1. The fourth-order valence-corrected chi connectivity index (χ4v) is 2.52.